The number of nitrogens with zero attached hydrogens (tertiary/aromatic N) is 2. The molecule has 1 heterocycles. The Morgan fingerprint density at radius 2 is 1.91 bits per heavy atom. The normalized spacial score (nSPS) is 11.6. The molecule has 0 aliphatic rings. The van der Waals surface area contributed by atoms with Gasteiger partial charge in [-0.15, -0.1) is 0 Å². The van der Waals surface area contributed by atoms with Crippen molar-refractivity contribution in [3.05, 3.63) is 23.2 Å². The maximum absolute atomic E-state index is 9.48. The highest BCUT2D eigenvalue weighted by molar-refractivity contribution is 6.30. The van der Waals surface area contributed by atoms with E-state index in [-0.39, 0.29) is 5.15 Å². The van der Waals surface area contributed by atoms with Gasteiger partial charge in [0.05, 0.1) is 0 Å². The van der Waals surface area contributed by atoms with E-state index in [1.54, 1.807) is 13.8 Å². The van der Waals surface area contributed by atoms with E-state index in [1.807, 2.05) is 0 Å². The molecule has 0 amide bonds. The zero-order chi connectivity index (χ0) is 8.48. The summed E-state index contributed by atoms with van der Waals surface area (Å²) in [6, 6.07) is 0. The second-order valence-corrected chi connectivity index (χ2v) is 3.11. The fraction of sp³-hybridized carbons (Fsp3) is 0.429. The molecule has 0 spiro atoms. The first-order chi connectivity index (χ1) is 5.02. The first-order valence-corrected chi connectivity index (χ1v) is 3.59. The quantitative estimate of drug-likeness (QED) is 0.696. The van der Waals surface area contributed by atoms with Crippen LogP contribution in [0.15, 0.2) is 12.4 Å². The van der Waals surface area contributed by atoms with Gasteiger partial charge in [0.2, 0.25) is 0 Å². The fourth-order valence-corrected chi connectivity index (χ4v) is 1.07. The number of halogens is 1. The molecular formula is C7H9ClN2O. The largest absolute Gasteiger partial charge is 0.384 e. The van der Waals surface area contributed by atoms with E-state index >= 15 is 0 Å². The minimum absolute atomic E-state index is 0.250. The third-order valence-corrected chi connectivity index (χ3v) is 1.51. The maximum atomic E-state index is 9.48. The minimum Gasteiger partial charge on any atom is -0.384 e. The summed E-state index contributed by atoms with van der Waals surface area (Å²) in [4.78, 5) is 7.69. The molecule has 0 radical (unpaired) electrons. The predicted molar refractivity (Wildman–Crippen MR) is 42.3 cm³/mol. The number of rotatable bonds is 1. The SMILES string of the molecule is CC(C)(O)c1nccnc1Cl. The van der Waals surface area contributed by atoms with Crippen molar-refractivity contribution in [1.82, 2.24) is 9.97 Å². The minimum atomic E-state index is -1.02. The van der Waals surface area contributed by atoms with Gasteiger partial charge in [0.15, 0.2) is 5.15 Å². The van der Waals surface area contributed by atoms with Gasteiger partial charge in [-0.1, -0.05) is 11.6 Å². The number of hydrogen-bond acceptors (Lipinski definition) is 3. The second-order valence-electron chi connectivity index (χ2n) is 2.75. The summed E-state index contributed by atoms with van der Waals surface area (Å²) in [6.45, 7) is 3.23. The van der Waals surface area contributed by atoms with Crippen molar-refractivity contribution in [2.75, 3.05) is 0 Å². The summed E-state index contributed by atoms with van der Waals surface area (Å²) in [7, 11) is 0. The highest BCUT2D eigenvalue weighted by Gasteiger charge is 2.21. The molecule has 3 nitrogen and oxygen atoms in total. The summed E-state index contributed by atoms with van der Waals surface area (Å²) in [6.07, 6.45) is 2.98. The van der Waals surface area contributed by atoms with Crippen LogP contribution in [0, 0.1) is 0 Å². The molecule has 0 aromatic carbocycles. The van der Waals surface area contributed by atoms with E-state index in [1.165, 1.54) is 12.4 Å². The smallest absolute Gasteiger partial charge is 0.153 e. The van der Waals surface area contributed by atoms with Gasteiger partial charge in [0.25, 0.3) is 0 Å². The Kier molecular flexibility index (Phi) is 2.11. The average molecular weight is 173 g/mol. The monoisotopic (exact) mass is 172 g/mol. The number of aromatic nitrogens is 2. The van der Waals surface area contributed by atoms with E-state index in [4.69, 9.17) is 11.6 Å². The molecule has 60 valence electrons. The first kappa shape index (κ1) is 8.43. The Bertz CT molecular complexity index is 257. The third kappa shape index (κ3) is 1.88. The standard InChI is InChI=1S/C7H9ClN2O/c1-7(2,11)5-6(8)10-4-3-9-5/h3-4,11H,1-2H3. The molecule has 0 aliphatic carbocycles. The van der Waals surface area contributed by atoms with Crippen molar-refractivity contribution in [1.29, 1.82) is 0 Å². The Balaban J connectivity index is 3.14. The van der Waals surface area contributed by atoms with Crippen molar-refractivity contribution in [2.45, 2.75) is 19.4 Å². The van der Waals surface area contributed by atoms with Crippen LogP contribution in [0.2, 0.25) is 5.15 Å². The summed E-state index contributed by atoms with van der Waals surface area (Å²) in [5.74, 6) is 0. The van der Waals surface area contributed by atoms with Crippen molar-refractivity contribution >= 4 is 11.6 Å². The average Bonchev–Trinajstić information content (AvgIpc) is 1.86. The second kappa shape index (κ2) is 2.75. The molecule has 11 heavy (non-hydrogen) atoms. The Labute approximate surface area is 70.1 Å². The molecule has 0 saturated heterocycles. The molecule has 1 aromatic rings. The van der Waals surface area contributed by atoms with Crippen LogP contribution in [0.4, 0.5) is 0 Å². The molecule has 0 aliphatic heterocycles. The molecule has 1 N–H and O–H groups in total. The third-order valence-electron chi connectivity index (χ3n) is 1.23. The van der Waals surface area contributed by atoms with Gasteiger partial charge in [-0.05, 0) is 13.8 Å². The molecule has 0 bridgehead atoms. The van der Waals surface area contributed by atoms with Crippen LogP contribution in [-0.2, 0) is 5.60 Å². The first-order valence-electron chi connectivity index (χ1n) is 3.21. The maximum Gasteiger partial charge on any atom is 0.153 e. The highest BCUT2D eigenvalue weighted by atomic mass is 35.5. The van der Waals surface area contributed by atoms with Crippen molar-refractivity contribution in [2.24, 2.45) is 0 Å². The van der Waals surface area contributed by atoms with Crippen molar-refractivity contribution in [3.8, 4) is 0 Å². The Morgan fingerprint density at radius 1 is 1.36 bits per heavy atom. The fourth-order valence-electron chi connectivity index (χ4n) is 0.731. The molecule has 0 fully saturated rings. The lowest BCUT2D eigenvalue weighted by molar-refractivity contribution is 0.0735. The van der Waals surface area contributed by atoms with Gasteiger partial charge in [-0.2, -0.15) is 0 Å². The van der Waals surface area contributed by atoms with Gasteiger partial charge in [-0.3, -0.25) is 4.98 Å². The lowest BCUT2D eigenvalue weighted by Gasteiger charge is -2.16. The van der Waals surface area contributed by atoms with Gasteiger partial charge >= 0.3 is 0 Å². The van der Waals surface area contributed by atoms with E-state index in [0.717, 1.165) is 0 Å². The van der Waals surface area contributed by atoms with Crippen LogP contribution < -0.4 is 0 Å². The molecule has 0 unspecified atom stereocenters. The summed E-state index contributed by atoms with van der Waals surface area (Å²) in [5, 5.41) is 9.73. The lowest BCUT2D eigenvalue weighted by Crippen LogP contribution is -2.18. The predicted octanol–water partition coefficient (Wildman–Crippen LogP) is 1.36. The number of aliphatic hydroxyl groups is 1. The van der Waals surface area contributed by atoms with Gasteiger partial charge in [0.1, 0.15) is 11.3 Å². The van der Waals surface area contributed by atoms with Crippen molar-refractivity contribution in [3.63, 3.8) is 0 Å². The topological polar surface area (TPSA) is 46.0 Å². The molecule has 1 aromatic heterocycles. The van der Waals surface area contributed by atoms with Crippen LogP contribution in [0.25, 0.3) is 0 Å². The van der Waals surface area contributed by atoms with Crippen LogP contribution >= 0.6 is 11.6 Å². The summed E-state index contributed by atoms with van der Waals surface area (Å²) >= 11 is 5.68. The zero-order valence-corrected chi connectivity index (χ0v) is 7.13. The summed E-state index contributed by atoms with van der Waals surface area (Å²) < 4.78 is 0. The molecule has 0 atom stereocenters. The molecular weight excluding hydrogens is 164 g/mol. The van der Waals surface area contributed by atoms with Crippen molar-refractivity contribution < 1.29 is 5.11 Å². The lowest BCUT2D eigenvalue weighted by atomic mass is 10.1. The summed E-state index contributed by atoms with van der Waals surface area (Å²) in [5.41, 5.74) is -0.618. The van der Waals surface area contributed by atoms with E-state index in [9.17, 15) is 5.11 Å². The molecule has 0 saturated carbocycles. The van der Waals surface area contributed by atoms with Gasteiger partial charge in [-0.25, -0.2) is 4.98 Å². The van der Waals surface area contributed by atoms with E-state index in [0.29, 0.717) is 5.69 Å². The van der Waals surface area contributed by atoms with Crippen LogP contribution in [-0.4, -0.2) is 15.1 Å². The molecule has 1 rings (SSSR count). The van der Waals surface area contributed by atoms with Crippen LogP contribution in [0.3, 0.4) is 0 Å². The Hall–Kier alpha value is -0.670. The number of hydrogen-bond donors (Lipinski definition) is 1. The van der Waals surface area contributed by atoms with E-state index < -0.39 is 5.60 Å². The highest BCUT2D eigenvalue weighted by Crippen LogP contribution is 2.22. The van der Waals surface area contributed by atoms with Gasteiger partial charge in [0, 0.05) is 12.4 Å². The van der Waals surface area contributed by atoms with Crippen LogP contribution in [0.1, 0.15) is 19.5 Å². The zero-order valence-electron chi connectivity index (χ0n) is 6.37. The van der Waals surface area contributed by atoms with E-state index in [2.05, 4.69) is 9.97 Å². The molecule has 4 heteroatoms. The van der Waals surface area contributed by atoms with Crippen LogP contribution in [0.5, 0.6) is 0 Å². The van der Waals surface area contributed by atoms with Gasteiger partial charge < -0.3 is 5.11 Å². The Morgan fingerprint density at radius 3 is 2.27 bits per heavy atom.